The molecule has 12 amide bonds. The molecule has 2 aromatic rings. The molecule has 111 heavy (non-hydrogen) atoms. The lowest BCUT2D eigenvalue weighted by atomic mass is 9.74. The van der Waals surface area contributed by atoms with Gasteiger partial charge in [0, 0.05) is 88.9 Å². The molecule has 2 saturated carbocycles. The number of likely N-dealkylation sites (N-methyl/N-ethyl adjacent to an activating group) is 7. The molecule has 0 aromatic heterocycles. The van der Waals surface area contributed by atoms with Gasteiger partial charge in [0.15, 0.2) is 0 Å². The van der Waals surface area contributed by atoms with E-state index in [9.17, 15) is 55.1 Å². The molecule has 4 aliphatic rings. The first kappa shape index (κ1) is 90.8. The van der Waals surface area contributed by atoms with Crippen LogP contribution < -0.4 is 16.0 Å². The summed E-state index contributed by atoms with van der Waals surface area (Å²) in [6.07, 6.45) is -9.60. The molecule has 10 atom stereocenters. The largest absolute Gasteiger partial charge is 0.422 e. The molecule has 25 nitrogen and oxygen atoms in total. The fourth-order valence-electron chi connectivity index (χ4n) is 15.0. The molecule has 33 heteroatoms. The first-order valence-corrected chi connectivity index (χ1v) is 37.7. The smallest absolute Gasteiger partial charge is 0.377 e. The Hall–Kier alpha value is -9.04. The van der Waals surface area contributed by atoms with Crippen LogP contribution in [-0.2, 0) is 87.5 Å². The fourth-order valence-corrected chi connectivity index (χ4v) is 15.0. The van der Waals surface area contributed by atoms with Gasteiger partial charge in [-0.2, -0.15) is 26.3 Å². The van der Waals surface area contributed by atoms with E-state index < -0.39 is 229 Å². The Balaban J connectivity index is 1.54. The van der Waals surface area contributed by atoms with Crippen LogP contribution in [0.5, 0.6) is 0 Å². The third kappa shape index (κ3) is 22.6. The minimum Gasteiger partial charge on any atom is -0.377 e. The number of aryl methyl sites for hydroxylation is 1. The molecule has 3 N–H and O–H groups in total. The molecule has 1 spiro atoms. The maximum Gasteiger partial charge on any atom is 0.422 e. The van der Waals surface area contributed by atoms with Crippen LogP contribution >= 0.6 is 0 Å². The SMILES string of the molecule is C=CCC[C@H]1C(=O)N(CC(=C)C)[C@@H](Cc2ccc(C(F)(F)F)cc2)C(=O)N(C)CC(=O)N[C@@H](CCc2cc(F)c(C(F)(F)F)c(F)c2)C(=O)N2C[C@H](OCC)C[C@H]2C(=O)NC2(CCC2)C(=O)N(C)[C@@H](C2CCCC2)C(=O)N(C)[C@H](C(=O)N(C)C)CC(=O)N(C)[C@@H](CC(C)C)C(=O)N[C@@H]([C@@H](C)CC)C(=O)N(C)CC(=O)N1C. The Bertz CT molecular complexity index is 3710. The lowest BCUT2D eigenvalue weighted by molar-refractivity contribution is -0.158. The van der Waals surface area contributed by atoms with Crippen LogP contribution in [0.1, 0.15) is 154 Å². The number of rotatable bonds is 18. The number of carbonyl (C=O) groups excluding carboxylic acids is 12. The van der Waals surface area contributed by atoms with E-state index in [2.05, 4.69) is 29.1 Å². The van der Waals surface area contributed by atoms with Gasteiger partial charge in [-0.05, 0) is 131 Å². The Labute approximate surface area is 644 Å². The number of carbonyl (C=O) groups is 12. The van der Waals surface area contributed by atoms with Gasteiger partial charge >= 0.3 is 12.4 Å². The average Bonchev–Trinajstić information content (AvgIpc) is 1.70. The second-order valence-electron chi connectivity index (χ2n) is 30.8. The zero-order chi connectivity index (χ0) is 83.2. The maximum absolute atomic E-state index is 15.7. The minimum atomic E-state index is -5.47. The molecule has 2 aliphatic heterocycles. The third-order valence-electron chi connectivity index (χ3n) is 21.7. The number of ether oxygens (including phenoxy) is 1. The Morgan fingerprint density at radius 2 is 1.30 bits per heavy atom. The summed E-state index contributed by atoms with van der Waals surface area (Å²) < 4.78 is 120. The van der Waals surface area contributed by atoms with Crippen molar-refractivity contribution in [2.24, 2.45) is 17.8 Å². The summed E-state index contributed by atoms with van der Waals surface area (Å²) in [4.78, 5) is 191. The number of hydrogen-bond donors (Lipinski definition) is 3. The number of nitrogens with one attached hydrogen (secondary N) is 3. The van der Waals surface area contributed by atoms with Crippen molar-refractivity contribution in [1.82, 2.24) is 60.0 Å². The van der Waals surface area contributed by atoms with Crippen LogP contribution in [0.3, 0.4) is 0 Å². The van der Waals surface area contributed by atoms with E-state index in [4.69, 9.17) is 4.74 Å². The van der Waals surface area contributed by atoms with Crippen molar-refractivity contribution < 1.29 is 97.4 Å². The normalized spacial score (nSPS) is 24.8. The monoisotopic (exact) mass is 1570 g/mol. The van der Waals surface area contributed by atoms with E-state index >= 15 is 37.5 Å². The van der Waals surface area contributed by atoms with Crippen LogP contribution in [-0.4, -0.2) is 264 Å². The summed E-state index contributed by atoms with van der Waals surface area (Å²) in [6.45, 7) is 15.4. The van der Waals surface area contributed by atoms with E-state index in [1.54, 1.807) is 34.6 Å². The Kier molecular flexibility index (Phi) is 31.9. The van der Waals surface area contributed by atoms with Crippen LogP contribution in [0.25, 0.3) is 0 Å². The number of benzene rings is 2. The molecule has 6 rings (SSSR count). The fraction of sp³-hybridized carbons (Fsp3) is 0.641. The van der Waals surface area contributed by atoms with Crippen molar-refractivity contribution in [2.45, 2.75) is 217 Å². The first-order valence-electron chi connectivity index (χ1n) is 37.7. The van der Waals surface area contributed by atoms with Gasteiger partial charge in [0.25, 0.3) is 0 Å². The van der Waals surface area contributed by atoms with Gasteiger partial charge in [0.05, 0.1) is 31.2 Å². The summed E-state index contributed by atoms with van der Waals surface area (Å²) >= 11 is 0. The van der Waals surface area contributed by atoms with Crippen molar-refractivity contribution in [2.75, 3.05) is 89.2 Å². The maximum atomic E-state index is 15.7. The lowest BCUT2D eigenvalue weighted by Gasteiger charge is -2.46. The van der Waals surface area contributed by atoms with E-state index in [1.807, 2.05) is 0 Å². The minimum absolute atomic E-state index is 0.0254. The van der Waals surface area contributed by atoms with Gasteiger partial charge in [-0.15, -0.1) is 6.58 Å². The molecule has 616 valence electrons. The van der Waals surface area contributed by atoms with Gasteiger partial charge in [-0.3, -0.25) is 57.5 Å². The molecule has 4 fully saturated rings. The Morgan fingerprint density at radius 1 is 0.703 bits per heavy atom. The molecular formula is C78H110F8N12O13. The first-order chi connectivity index (χ1) is 51.8. The predicted octanol–water partition coefficient (Wildman–Crippen LogP) is 6.93. The summed E-state index contributed by atoms with van der Waals surface area (Å²) in [5, 5.41) is 8.26. The second kappa shape index (κ2) is 38.9. The summed E-state index contributed by atoms with van der Waals surface area (Å²) in [6, 6.07) is -7.70. The zero-order valence-corrected chi connectivity index (χ0v) is 66.1. The highest BCUT2D eigenvalue weighted by atomic mass is 19.4. The topological polar surface area (TPSA) is 279 Å². The van der Waals surface area contributed by atoms with Crippen LogP contribution in [0.2, 0.25) is 0 Å². The number of hydrogen-bond acceptors (Lipinski definition) is 13. The average molecular weight is 1580 g/mol. The van der Waals surface area contributed by atoms with Crippen molar-refractivity contribution in [1.29, 1.82) is 0 Å². The zero-order valence-electron chi connectivity index (χ0n) is 66.1. The number of halogens is 8. The molecule has 2 heterocycles. The second-order valence-corrected chi connectivity index (χ2v) is 30.8. The lowest BCUT2D eigenvalue weighted by Crippen LogP contribution is -2.68. The molecular weight excluding hydrogens is 1460 g/mol. The summed E-state index contributed by atoms with van der Waals surface area (Å²) in [7, 11) is 10.6. The standard InChI is InChI=1S/C78H110F8N12O13/c1-17-20-26-56-72(107)97(41-46(6)7)60(38-48-27-30-51(31-28-48)77(81,82)83)71(106)91(11)43-61(99)87-55(32-29-49-36-53(79)64(54(80)37-49)78(84,85)86)69(104)98-42-52(111-19-3)39-58(98)68(103)89-76(33-23-34-76)75(110)96(16)66(50-24-21-22-25-50)74(109)95(15)59(70(105)90(9)10)40-62(100)94(14)57(35-45(4)5)67(102)88-65(47(8)18-2)73(108)92(12)44-63(101)93(56)13/h17,27-28,30-31,36-37,45,47,50,52,55-60,65-66H,1,6,18-26,29,32-35,38-44H2,2-5,7-16H3,(H,87,99)(H,88,102)(H,89,103)/t47-,52+,55-,56-,57-,58-,59-,60-,65-,66-/m0/s1. The summed E-state index contributed by atoms with van der Waals surface area (Å²) in [5.41, 5.74) is -5.10. The van der Waals surface area contributed by atoms with Crippen LogP contribution in [0.15, 0.2) is 61.2 Å². The van der Waals surface area contributed by atoms with Crippen molar-refractivity contribution >= 4 is 70.9 Å². The predicted molar refractivity (Wildman–Crippen MR) is 394 cm³/mol. The number of fused-ring (bicyclic) bond motifs is 1. The molecule has 0 bridgehead atoms. The van der Waals surface area contributed by atoms with Gasteiger partial charge in [0.2, 0.25) is 70.9 Å². The van der Waals surface area contributed by atoms with Gasteiger partial charge in [-0.1, -0.05) is 77.3 Å². The van der Waals surface area contributed by atoms with Crippen LogP contribution in [0.4, 0.5) is 35.1 Å². The van der Waals surface area contributed by atoms with E-state index in [0.717, 1.165) is 65.6 Å². The van der Waals surface area contributed by atoms with Crippen molar-refractivity contribution in [3.8, 4) is 0 Å². The molecule has 2 saturated heterocycles. The van der Waals surface area contributed by atoms with E-state index in [0.29, 0.717) is 50.7 Å². The van der Waals surface area contributed by atoms with Gasteiger partial charge in [-0.25, -0.2) is 8.78 Å². The third-order valence-corrected chi connectivity index (χ3v) is 21.7. The molecule has 0 radical (unpaired) electrons. The highest BCUT2D eigenvalue weighted by Gasteiger charge is 2.54. The number of amides is 12. The number of alkyl halides is 6. The Morgan fingerprint density at radius 3 is 1.82 bits per heavy atom. The molecule has 2 aliphatic carbocycles. The molecule has 2 aromatic carbocycles. The quantitative estimate of drug-likeness (QED) is 0.101. The highest BCUT2D eigenvalue weighted by Crippen LogP contribution is 2.40. The molecule has 0 unspecified atom stereocenters. The van der Waals surface area contributed by atoms with E-state index in [1.165, 1.54) is 72.1 Å². The van der Waals surface area contributed by atoms with Crippen molar-refractivity contribution in [3.63, 3.8) is 0 Å². The van der Waals surface area contributed by atoms with Gasteiger partial charge in [0.1, 0.15) is 71.1 Å². The summed E-state index contributed by atoms with van der Waals surface area (Å²) in [5.74, 6) is -15.8. The number of nitrogens with zero attached hydrogens (tertiary/aromatic N) is 9. The van der Waals surface area contributed by atoms with Crippen molar-refractivity contribution in [3.05, 3.63) is 95.1 Å². The van der Waals surface area contributed by atoms with Crippen LogP contribution in [0, 0.1) is 29.4 Å². The van der Waals surface area contributed by atoms with Gasteiger partial charge < -0.3 is 64.8 Å². The highest BCUT2D eigenvalue weighted by molar-refractivity contribution is 6.01. The number of allylic oxidation sites excluding steroid dienone is 1. The van der Waals surface area contributed by atoms with E-state index in [-0.39, 0.29) is 68.7 Å².